The van der Waals surface area contributed by atoms with Gasteiger partial charge in [0, 0.05) is 10.7 Å². The topological polar surface area (TPSA) is 29.3 Å². The Balaban J connectivity index is 2.22. The smallest absolute Gasteiger partial charge is 0.156 e. The standard InChI is InChI=1S/C11H11BrClN3/c12-7-3-2-6-16-9(7)10(13)15-11(16)8-4-1-5-14-8/h2-3,6,8,14H,1,4-5H2. The van der Waals surface area contributed by atoms with Gasteiger partial charge in [0.05, 0.1) is 11.6 Å². The molecular formula is C11H11BrClN3. The first kappa shape index (κ1) is 10.6. The molecule has 16 heavy (non-hydrogen) atoms. The Hall–Kier alpha value is -0.580. The van der Waals surface area contributed by atoms with Crippen LogP contribution in [0.2, 0.25) is 5.15 Å². The summed E-state index contributed by atoms with van der Waals surface area (Å²) in [6.45, 7) is 1.06. The number of fused-ring (bicyclic) bond motifs is 1. The zero-order chi connectivity index (χ0) is 11.1. The second-order valence-corrected chi connectivity index (χ2v) is 5.20. The molecule has 1 aliphatic heterocycles. The van der Waals surface area contributed by atoms with E-state index in [0.29, 0.717) is 11.2 Å². The molecule has 1 fully saturated rings. The minimum Gasteiger partial charge on any atom is -0.307 e. The van der Waals surface area contributed by atoms with Gasteiger partial charge in [-0.25, -0.2) is 4.98 Å². The van der Waals surface area contributed by atoms with Gasteiger partial charge < -0.3 is 5.32 Å². The van der Waals surface area contributed by atoms with E-state index < -0.39 is 0 Å². The SMILES string of the molecule is Clc1nc(C2CCCN2)n2cccc(Br)c12. The van der Waals surface area contributed by atoms with Crippen molar-refractivity contribution in [3.8, 4) is 0 Å². The molecule has 0 bridgehead atoms. The third kappa shape index (κ3) is 1.56. The van der Waals surface area contributed by atoms with E-state index in [-0.39, 0.29) is 0 Å². The van der Waals surface area contributed by atoms with Gasteiger partial charge in [-0.1, -0.05) is 11.6 Å². The quantitative estimate of drug-likeness (QED) is 0.876. The summed E-state index contributed by atoms with van der Waals surface area (Å²) in [5.41, 5.74) is 0.952. The van der Waals surface area contributed by atoms with E-state index in [2.05, 4.69) is 30.6 Å². The normalized spacial score (nSPS) is 20.8. The summed E-state index contributed by atoms with van der Waals surface area (Å²) < 4.78 is 3.05. The first-order chi connectivity index (χ1) is 7.77. The number of nitrogens with one attached hydrogen (secondary N) is 1. The van der Waals surface area contributed by atoms with E-state index in [9.17, 15) is 0 Å². The Morgan fingerprint density at radius 2 is 2.44 bits per heavy atom. The minimum absolute atomic E-state index is 0.328. The Morgan fingerprint density at radius 1 is 1.56 bits per heavy atom. The third-order valence-corrected chi connectivity index (χ3v) is 3.88. The molecule has 84 valence electrons. The maximum atomic E-state index is 6.17. The lowest BCUT2D eigenvalue weighted by Crippen LogP contribution is -2.15. The second kappa shape index (κ2) is 4.02. The van der Waals surface area contributed by atoms with Gasteiger partial charge in [0.2, 0.25) is 0 Å². The number of aromatic nitrogens is 2. The molecule has 0 spiro atoms. The van der Waals surface area contributed by atoms with Crippen molar-refractivity contribution < 1.29 is 0 Å². The molecule has 0 saturated carbocycles. The molecule has 0 radical (unpaired) electrons. The molecule has 1 saturated heterocycles. The van der Waals surface area contributed by atoms with Crippen LogP contribution in [0.3, 0.4) is 0 Å². The fourth-order valence-corrected chi connectivity index (χ4v) is 3.15. The van der Waals surface area contributed by atoms with Crippen LogP contribution < -0.4 is 5.32 Å². The average molecular weight is 301 g/mol. The number of hydrogen-bond donors (Lipinski definition) is 1. The molecule has 2 aromatic heterocycles. The van der Waals surface area contributed by atoms with Crippen LogP contribution in [0, 0.1) is 0 Å². The molecule has 3 rings (SSSR count). The van der Waals surface area contributed by atoms with Crippen LogP contribution >= 0.6 is 27.5 Å². The van der Waals surface area contributed by atoms with E-state index in [4.69, 9.17) is 11.6 Å². The highest BCUT2D eigenvalue weighted by atomic mass is 79.9. The number of pyridine rings is 1. The predicted molar refractivity (Wildman–Crippen MR) is 67.9 cm³/mol. The van der Waals surface area contributed by atoms with Crippen molar-refractivity contribution >= 4 is 33.0 Å². The summed E-state index contributed by atoms with van der Waals surface area (Å²) in [4.78, 5) is 4.47. The van der Waals surface area contributed by atoms with Gasteiger partial charge in [0.25, 0.3) is 0 Å². The summed E-state index contributed by atoms with van der Waals surface area (Å²) in [6, 6.07) is 4.30. The van der Waals surface area contributed by atoms with Gasteiger partial charge in [-0.3, -0.25) is 4.40 Å². The second-order valence-electron chi connectivity index (χ2n) is 3.98. The lowest BCUT2D eigenvalue weighted by atomic mass is 10.2. The predicted octanol–water partition coefficient (Wildman–Crippen LogP) is 3.17. The van der Waals surface area contributed by atoms with E-state index in [0.717, 1.165) is 28.8 Å². The molecule has 0 aliphatic carbocycles. The van der Waals surface area contributed by atoms with Crippen molar-refractivity contribution in [1.29, 1.82) is 0 Å². The molecule has 3 nitrogen and oxygen atoms in total. The fraction of sp³-hybridized carbons (Fsp3) is 0.364. The molecule has 1 aliphatic rings. The van der Waals surface area contributed by atoms with Gasteiger partial charge in [-0.15, -0.1) is 0 Å². The maximum Gasteiger partial charge on any atom is 0.156 e. The minimum atomic E-state index is 0.328. The van der Waals surface area contributed by atoms with E-state index in [1.165, 1.54) is 6.42 Å². The lowest BCUT2D eigenvalue weighted by molar-refractivity contribution is 0.602. The Labute approximate surface area is 107 Å². The van der Waals surface area contributed by atoms with Gasteiger partial charge in [0.15, 0.2) is 5.15 Å². The van der Waals surface area contributed by atoms with E-state index >= 15 is 0 Å². The van der Waals surface area contributed by atoms with Crippen molar-refractivity contribution in [3.63, 3.8) is 0 Å². The van der Waals surface area contributed by atoms with Gasteiger partial charge in [-0.2, -0.15) is 0 Å². The van der Waals surface area contributed by atoms with Crippen LogP contribution in [-0.2, 0) is 0 Å². The van der Waals surface area contributed by atoms with E-state index in [1.807, 2.05) is 18.3 Å². The summed E-state index contributed by atoms with van der Waals surface area (Å²) in [5, 5.41) is 4.01. The monoisotopic (exact) mass is 299 g/mol. The van der Waals surface area contributed by atoms with Crippen LogP contribution in [0.5, 0.6) is 0 Å². The number of nitrogens with zero attached hydrogens (tertiary/aromatic N) is 2. The Morgan fingerprint density at radius 3 is 3.19 bits per heavy atom. The highest BCUT2D eigenvalue weighted by Crippen LogP contribution is 2.30. The number of imidazole rings is 1. The van der Waals surface area contributed by atoms with Gasteiger partial charge in [-0.05, 0) is 47.4 Å². The highest BCUT2D eigenvalue weighted by Gasteiger charge is 2.22. The molecule has 5 heteroatoms. The van der Waals surface area contributed by atoms with Crippen molar-refractivity contribution in [3.05, 3.63) is 33.8 Å². The van der Waals surface area contributed by atoms with Crippen LogP contribution in [0.15, 0.2) is 22.8 Å². The van der Waals surface area contributed by atoms with Crippen LogP contribution in [0.4, 0.5) is 0 Å². The van der Waals surface area contributed by atoms with Crippen LogP contribution in [0.1, 0.15) is 24.7 Å². The van der Waals surface area contributed by atoms with Crippen molar-refractivity contribution in [1.82, 2.24) is 14.7 Å². The highest BCUT2D eigenvalue weighted by molar-refractivity contribution is 9.10. The van der Waals surface area contributed by atoms with Crippen molar-refractivity contribution in [2.24, 2.45) is 0 Å². The molecule has 1 N–H and O–H groups in total. The molecule has 3 heterocycles. The lowest BCUT2D eigenvalue weighted by Gasteiger charge is -2.08. The molecule has 0 amide bonds. The average Bonchev–Trinajstić information content (AvgIpc) is 2.86. The summed E-state index contributed by atoms with van der Waals surface area (Å²) in [6.07, 6.45) is 4.33. The molecule has 1 unspecified atom stereocenters. The fourth-order valence-electron chi connectivity index (χ4n) is 2.23. The third-order valence-electron chi connectivity index (χ3n) is 2.97. The van der Waals surface area contributed by atoms with Gasteiger partial charge >= 0.3 is 0 Å². The Kier molecular flexibility index (Phi) is 2.65. The van der Waals surface area contributed by atoms with Crippen LogP contribution in [-0.4, -0.2) is 15.9 Å². The Bertz CT molecular complexity index is 531. The molecule has 1 atom stereocenters. The molecular weight excluding hydrogens is 289 g/mol. The summed E-state index contributed by atoms with van der Waals surface area (Å²) >= 11 is 9.68. The van der Waals surface area contributed by atoms with Crippen molar-refractivity contribution in [2.75, 3.05) is 6.54 Å². The molecule has 2 aromatic rings. The first-order valence-corrected chi connectivity index (χ1v) is 6.50. The zero-order valence-electron chi connectivity index (χ0n) is 8.58. The summed E-state index contributed by atoms with van der Waals surface area (Å²) in [7, 11) is 0. The van der Waals surface area contributed by atoms with Crippen molar-refractivity contribution in [2.45, 2.75) is 18.9 Å². The van der Waals surface area contributed by atoms with Crippen LogP contribution in [0.25, 0.3) is 5.52 Å². The number of rotatable bonds is 1. The largest absolute Gasteiger partial charge is 0.307 e. The first-order valence-electron chi connectivity index (χ1n) is 5.33. The van der Waals surface area contributed by atoms with Gasteiger partial charge in [0.1, 0.15) is 5.82 Å². The maximum absolute atomic E-state index is 6.17. The zero-order valence-corrected chi connectivity index (χ0v) is 10.9. The number of halogens is 2. The van der Waals surface area contributed by atoms with E-state index in [1.54, 1.807) is 0 Å². The molecule has 0 aromatic carbocycles. The number of hydrogen-bond acceptors (Lipinski definition) is 2. The summed E-state index contributed by atoms with van der Waals surface area (Å²) in [5.74, 6) is 1.01.